The van der Waals surface area contributed by atoms with Gasteiger partial charge in [0.05, 0.1) is 5.41 Å². The molecule has 0 bridgehead atoms. The number of rotatable bonds is 4. The zero-order chi connectivity index (χ0) is 18.8. The fourth-order valence-corrected chi connectivity index (χ4v) is 5.37. The Bertz CT molecular complexity index is 897. The summed E-state index contributed by atoms with van der Waals surface area (Å²) in [5.41, 5.74) is 7.17. The highest BCUT2D eigenvalue weighted by Gasteiger charge is 2.45. The summed E-state index contributed by atoms with van der Waals surface area (Å²) in [4.78, 5) is 0. The molecule has 0 N–H and O–H groups in total. The summed E-state index contributed by atoms with van der Waals surface area (Å²) in [6.07, 6.45) is 10.0. The molecule has 5 rings (SSSR count). The van der Waals surface area contributed by atoms with Crippen LogP contribution < -0.4 is 0 Å². The van der Waals surface area contributed by atoms with Crippen molar-refractivity contribution >= 4 is 0 Å². The summed E-state index contributed by atoms with van der Waals surface area (Å²) < 4.78 is 0. The maximum atomic E-state index is 2.49. The zero-order valence-corrected chi connectivity index (χ0v) is 16.2. The minimum atomic E-state index is -0.200. The van der Waals surface area contributed by atoms with E-state index in [1.54, 1.807) is 11.1 Å². The molecule has 0 heterocycles. The van der Waals surface area contributed by atoms with Gasteiger partial charge in [0.2, 0.25) is 0 Å². The lowest BCUT2D eigenvalue weighted by molar-refractivity contribution is 0.479. The first-order valence-corrected chi connectivity index (χ1v) is 10.5. The van der Waals surface area contributed by atoms with E-state index in [1.807, 2.05) is 0 Å². The molecule has 3 aromatic carbocycles. The van der Waals surface area contributed by atoms with Gasteiger partial charge in [-0.15, -0.1) is 0 Å². The zero-order valence-electron chi connectivity index (χ0n) is 16.2. The van der Waals surface area contributed by atoms with Gasteiger partial charge in [0, 0.05) is 5.92 Å². The standard InChI is InChI=1S/C28H26/c1-4-13-23(14-5-1)28(24-15-6-2-7-16-24,25-17-8-3-9-18-25)27-21-20-22-12-10-11-19-26(22)27/h1-9,13-18,20-21,27H,10-12,19H2. The summed E-state index contributed by atoms with van der Waals surface area (Å²) in [5, 5.41) is 0. The molecule has 0 saturated carbocycles. The second-order valence-corrected chi connectivity index (χ2v) is 8.00. The lowest BCUT2D eigenvalue weighted by atomic mass is 9.59. The van der Waals surface area contributed by atoms with Crippen molar-refractivity contribution in [1.29, 1.82) is 0 Å². The van der Waals surface area contributed by atoms with Gasteiger partial charge in [-0.05, 0) is 47.9 Å². The van der Waals surface area contributed by atoms with E-state index in [2.05, 4.69) is 103 Å². The smallest absolute Gasteiger partial charge is 0.0551 e. The van der Waals surface area contributed by atoms with Crippen LogP contribution in [0.5, 0.6) is 0 Å². The molecule has 0 fully saturated rings. The van der Waals surface area contributed by atoms with Gasteiger partial charge in [-0.1, -0.05) is 109 Å². The Labute approximate surface area is 168 Å². The monoisotopic (exact) mass is 362 g/mol. The van der Waals surface area contributed by atoms with Gasteiger partial charge in [-0.2, -0.15) is 0 Å². The molecule has 0 saturated heterocycles. The first-order valence-electron chi connectivity index (χ1n) is 10.5. The normalized spacial score (nSPS) is 18.9. The van der Waals surface area contributed by atoms with Crippen LogP contribution in [0.3, 0.4) is 0 Å². The molecule has 2 aliphatic carbocycles. The third-order valence-corrected chi connectivity index (χ3v) is 6.57. The van der Waals surface area contributed by atoms with Crippen molar-refractivity contribution in [2.24, 2.45) is 5.92 Å². The number of hydrogen-bond acceptors (Lipinski definition) is 0. The molecular weight excluding hydrogens is 336 g/mol. The van der Waals surface area contributed by atoms with E-state index < -0.39 is 0 Å². The van der Waals surface area contributed by atoms with E-state index in [4.69, 9.17) is 0 Å². The predicted molar refractivity (Wildman–Crippen MR) is 117 cm³/mol. The molecule has 0 aliphatic heterocycles. The molecule has 0 aromatic heterocycles. The van der Waals surface area contributed by atoms with E-state index in [0.717, 1.165) is 0 Å². The SMILES string of the molecule is C1=CC(C(c2ccccc2)(c2ccccc2)c2ccccc2)C2=C1CCCC2. The summed E-state index contributed by atoms with van der Waals surface area (Å²) in [7, 11) is 0. The summed E-state index contributed by atoms with van der Waals surface area (Å²) in [5.74, 6) is 0.370. The van der Waals surface area contributed by atoms with Crippen molar-refractivity contribution in [3.05, 3.63) is 131 Å². The van der Waals surface area contributed by atoms with E-state index in [1.165, 1.54) is 42.4 Å². The minimum Gasteiger partial charge on any atom is -0.0755 e. The Kier molecular flexibility index (Phi) is 4.49. The van der Waals surface area contributed by atoms with Crippen LogP contribution in [-0.2, 0) is 5.41 Å². The van der Waals surface area contributed by atoms with Crippen LogP contribution in [0.15, 0.2) is 114 Å². The summed E-state index contributed by atoms with van der Waals surface area (Å²) in [6, 6.07) is 33.4. The fraction of sp³-hybridized carbons (Fsp3) is 0.214. The maximum absolute atomic E-state index is 2.49. The molecule has 28 heavy (non-hydrogen) atoms. The summed E-state index contributed by atoms with van der Waals surface area (Å²) >= 11 is 0. The highest BCUT2D eigenvalue weighted by molar-refractivity contribution is 5.57. The van der Waals surface area contributed by atoms with Crippen molar-refractivity contribution in [2.75, 3.05) is 0 Å². The second kappa shape index (κ2) is 7.28. The Morgan fingerprint density at radius 1 is 0.571 bits per heavy atom. The van der Waals surface area contributed by atoms with E-state index in [9.17, 15) is 0 Å². The highest BCUT2D eigenvalue weighted by Crippen LogP contribution is 2.53. The lowest BCUT2D eigenvalue weighted by Gasteiger charge is -2.42. The minimum absolute atomic E-state index is 0.200. The molecule has 138 valence electrons. The van der Waals surface area contributed by atoms with Crippen molar-refractivity contribution < 1.29 is 0 Å². The third-order valence-electron chi connectivity index (χ3n) is 6.57. The Hall–Kier alpha value is -2.86. The van der Waals surface area contributed by atoms with Crippen LogP contribution in [0.25, 0.3) is 0 Å². The average Bonchev–Trinajstić information content (AvgIpc) is 3.21. The van der Waals surface area contributed by atoms with Crippen LogP contribution in [0.1, 0.15) is 42.4 Å². The van der Waals surface area contributed by atoms with Crippen molar-refractivity contribution in [3.8, 4) is 0 Å². The van der Waals surface area contributed by atoms with Crippen LogP contribution >= 0.6 is 0 Å². The van der Waals surface area contributed by atoms with Crippen LogP contribution in [0, 0.1) is 5.92 Å². The fourth-order valence-electron chi connectivity index (χ4n) is 5.37. The lowest BCUT2D eigenvalue weighted by Crippen LogP contribution is -2.38. The van der Waals surface area contributed by atoms with E-state index in [0.29, 0.717) is 5.92 Å². The predicted octanol–water partition coefficient (Wildman–Crippen LogP) is 7.08. The molecule has 2 aliphatic rings. The molecule has 1 unspecified atom stereocenters. The maximum Gasteiger partial charge on any atom is 0.0551 e. The number of benzene rings is 3. The van der Waals surface area contributed by atoms with Crippen LogP contribution in [0.2, 0.25) is 0 Å². The molecule has 3 aromatic rings. The van der Waals surface area contributed by atoms with E-state index >= 15 is 0 Å². The van der Waals surface area contributed by atoms with Crippen LogP contribution in [0.4, 0.5) is 0 Å². The van der Waals surface area contributed by atoms with Gasteiger partial charge in [-0.25, -0.2) is 0 Å². The first-order chi connectivity index (χ1) is 13.9. The molecule has 0 spiro atoms. The van der Waals surface area contributed by atoms with E-state index in [-0.39, 0.29) is 5.41 Å². The largest absolute Gasteiger partial charge is 0.0755 e. The Balaban J connectivity index is 1.84. The third kappa shape index (κ3) is 2.67. The Morgan fingerprint density at radius 3 is 1.54 bits per heavy atom. The number of allylic oxidation sites excluding steroid dienone is 4. The molecule has 0 amide bonds. The number of hydrogen-bond donors (Lipinski definition) is 0. The van der Waals surface area contributed by atoms with Gasteiger partial charge < -0.3 is 0 Å². The van der Waals surface area contributed by atoms with Gasteiger partial charge in [0.15, 0.2) is 0 Å². The molecule has 0 nitrogen and oxygen atoms in total. The topological polar surface area (TPSA) is 0 Å². The van der Waals surface area contributed by atoms with Crippen LogP contribution in [-0.4, -0.2) is 0 Å². The first kappa shape index (κ1) is 17.3. The second-order valence-electron chi connectivity index (χ2n) is 8.00. The quantitative estimate of drug-likeness (QED) is 0.435. The Morgan fingerprint density at radius 2 is 1.04 bits per heavy atom. The van der Waals surface area contributed by atoms with Crippen molar-refractivity contribution in [3.63, 3.8) is 0 Å². The molecular formula is C28H26. The van der Waals surface area contributed by atoms with Gasteiger partial charge >= 0.3 is 0 Å². The van der Waals surface area contributed by atoms with Gasteiger partial charge in [-0.3, -0.25) is 0 Å². The summed E-state index contributed by atoms with van der Waals surface area (Å²) in [6.45, 7) is 0. The van der Waals surface area contributed by atoms with Gasteiger partial charge in [0.1, 0.15) is 0 Å². The highest BCUT2D eigenvalue weighted by atomic mass is 14.5. The van der Waals surface area contributed by atoms with Crippen molar-refractivity contribution in [1.82, 2.24) is 0 Å². The molecule has 0 radical (unpaired) electrons. The molecule has 0 heteroatoms. The van der Waals surface area contributed by atoms with Gasteiger partial charge in [0.25, 0.3) is 0 Å². The van der Waals surface area contributed by atoms with Crippen molar-refractivity contribution in [2.45, 2.75) is 31.1 Å². The average molecular weight is 363 g/mol. The molecule has 1 atom stereocenters.